The molecule has 1 aliphatic heterocycles. The highest BCUT2D eigenvalue weighted by Gasteiger charge is 2.31. The average Bonchev–Trinajstić information content (AvgIpc) is 2.14. The highest BCUT2D eigenvalue weighted by atomic mass is 16.6. The number of ether oxygens (including phenoxy) is 1. The lowest BCUT2D eigenvalue weighted by molar-refractivity contribution is 0.00675. The van der Waals surface area contributed by atoms with Crippen LogP contribution in [0.4, 0.5) is 4.79 Å². The van der Waals surface area contributed by atoms with Crippen molar-refractivity contribution in [1.82, 2.24) is 4.90 Å². The van der Waals surface area contributed by atoms with Gasteiger partial charge in [-0.3, -0.25) is 0 Å². The van der Waals surface area contributed by atoms with Gasteiger partial charge in [0.1, 0.15) is 5.60 Å². The molecule has 0 saturated carbocycles. The van der Waals surface area contributed by atoms with Crippen molar-refractivity contribution < 1.29 is 9.53 Å². The van der Waals surface area contributed by atoms with E-state index in [1.165, 1.54) is 0 Å². The normalized spacial score (nSPS) is 26.7. The Labute approximate surface area is 98.1 Å². The lowest BCUT2D eigenvalue weighted by Crippen LogP contribution is -2.50. The molecule has 2 atom stereocenters. The minimum atomic E-state index is -0.431. The molecule has 0 aliphatic carbocycles. The van der Waals surface area contributed by atoms with Crippen molar-refractivity contribution in [2.45, 2.75) is 52.2 Å². The molecule has 1 aliphatic rings. The molecule has 16 heavy (non-hydrogen) atoms. The molecule has 4 nitrogen and oxygen atoms in total. The zero-order chi connectivity index (χ0) is 12.3. The fraction of sp³-hybridized carbons (Fsp3) is 0.917. The number of nitrogens with two attached hydrogens (primary N) is 1. The van der Waals surface area contributed by atoms with Crippen LogP contribution in [-0.2, 0) is 4.74 Å². The van der Waals surface area contributed by atoms with Crippen molar-refractivity contribution in [1.29, 1.82) is 0 Å². The molecule has 0 unspecified atom stereocenters. The monoisotopic (exact) mass is 228 g/mol. The van der Waals surface area contributed by atoms with E-state index in [4.69, 9.17) is 10.5 Å². The molecule has 1 heterocycles. The summed E-state index contributed by atoms with van der Waals surface area (Å²) in [5.74, 6) is 0.646. The molecule has 0 aromatic heterocycles. The first-order chi connectivity index (χ1) is 7.33. The third-order valence-electron chi connectivity index (χ3n) is 2.88. The molecule has 1 saturated heterocycles. The summed E-state index contributed by atoms with van der Waals surface area (Å²) in [4.78, 5) is 13.7. The van der Waals surface area contributed by atoms with E-state index in [1.54, 1.807) is 4.90 Å². The summed E-state index contributed by atoms with van der Waals surface area (Å²) in [5.41, 5.74) is 5.28. The Hall–Kier alpha value is -0.770. The molecule has 4 heteroatoms. The number of amides is 1. The van der Waals surface area contributed by atoms with Crippen LogP contribution >= 0.6 is 0 Å². The maximum absolute atomic E-state index is 11.9. The summed E-state index contributed by atoms with van der Waals surface area (Å²) in [6.07, 6.45) is 1.79. The zero-order valence-corrected chi connectivity index (χ0v) is 10.8. The van der Waals surface area contributed by atoms with Crippen LogP contribution in [0.15, 0.2) is 0 Å². The summed E-state index contributed by atoms with van der Waals surface area (Å²) in [7, 11) is 0. The van der Waals surface area contributed by atoms with Gasteiger partial charge in [0.2, 0.25) is 0 Å². The number of hydrogen-bond donors (Lipinski definition) is 1. The highest BCUT2D eigenvalue weighted by molar-refractivity contribution is 5.68. The van der Waals surface area contributed by atoms with Gasteiger partial charge >= 0.3 is 6.09 Å². The molecule has 1 amide bonds. The Balaban J connectivity index is 2.60. The summed E-state index contributed by atoms with van der Waals surface area (Å²) in [6.45, 7) is 9.13. The predicted octanol–water partition coefficient (Wildman–Crippen LogP) is 1.98. The third-order valence-corrected chi connectivity index (χ3v) is 2.88. The molecule has 0 radical (unpaired) electrons. The second-order valence-corrected chi connectivity index (χ2v) is 5.69. The average molecular weight is 228 g/mol. The second-order valence-electron chi connectivity index (χ2n) is 5.69. The van der Waals surface area contributed by atoms with Crippen molar-refractivity contribution in [3.8, 4) is 0 Å². The van der Waals surface area contributed by atoms with Gasteiger partial charge in [0.05, 0.1) is 0 Å². The van der Waals surface area contributed by atoms with E-state index in [2.05, 4.69) is 6.92 Å². The number of rotatable bonds is 1. The van der Waals surface area contributed by atoms with Crippen molar-refractivity contribution in [3.63, 3.8) is 0 Å². The van der Waals surface area contributed by atoms with Crippen LogP contribution in [0.5, 0.6) is 0 Å². The van der Waals surface area contributed by atoms with Crippen LogP contribution in [-0.4, -0.2) is 35.7 Å². The van der Waals surface area contributed by atoms with Gasteiger partial charge in [-0.25, -0.2) is 4.79 Å². The van der Waals surface area contributed by atoms with Gasteiger partial charge < -0.3 is 15.4 Å². The summed E-state index contributed by atoms with van der Waals surface area (Å²) >= 11 is 0. The Bertz CT molecular complexity index is 248. The molecule has 1 rings (SSSR count). The molecular formula is C12H24N2O2. The number of nitrogens with zero attached hydrogens (tertiary/aromatic N) is 1. The molecule has 0 aromatic rings. The van der Waals surface area contributed by atoms with Crippen molar-refractivity contribution >= 4 is 6.09 Å². The molecule has 1 fully saturated rings. The zero-order valence-electron chi connectivity index (χ0n) is 10.8. The maximum Gasteiger partial charge on any atom is 0.410 e. The summed E-state index contributed by atoms with van der Waals surface area (Å²) in [6, 6.07) is 0.138. The van der Waals surface area contributed by atoms with Gasteiger partial charge in [-0.15, -0.1) is 0 Å². The van der Waals surface area contributed by atoms with Gasteiger partial charge in [-0.2, -0.15) is 0 Å². The third kappa shape index (κ3) is 3.67. The molecule has 0 spiro atoms. The van der Waals surface area contributed by atoms with E-state index >= 15 is 0 Å². The molecular weight excluding hydrogens is 204 g/mol. The number of hydrogen-bond acceptors (Lipinski definition) is 3. The van der Waals surface area contributed by atoms with E-state index in [0.717, 1.165) is 19.4 Å². The van der Waals surface area contributed by atoms with Gasteiger partial charge in [-0.1, -0.05) is 6.92 Å². The fourth-order valence-electron chi connectivity index (χ4n) is 2.04. The fourth-order valence-corrected chi connectivity index (χ4v) is 2.04. The molecule has 0 bridgehead atoms. The van der Waals surface area contributed by atoms with Gasteiger partial charge in [0, 0.05) is 19.1 Å². The maximum atomic E-state index is 11.9. The van der Waals surface area contributed by atoms with Crippen molar-refractivity contribution in [2.75, 3.05) is 13.1 Å². The van der Waals surface area contributed by atoms with Crippen LogP contribution in [0.1, 0.15) is 40.5 Å². The minimum Gasteiger partial charge on any atom is -0.444 e. The Morgan fingerprint density at radius 1 is 1.50 bits per heavy atom. The first kappa shape index (κ1) is 13.3. The smallest absolute Gasteiger partial charge is 0.410 e. The van der Waals surface area contributed by atoms with Crippen LogP contribution < -0.4 is 5.73 Å². The quantitative estimate of drug-likeness (QED) is 0.746. The Kier molecular flexibility index (Phi) is 4.19. The van der Waals surface area contributed by atoms with E-state index in [-0.39, 0.29) is 12.1 Å². The predicted molar refractivity (Wildman–Crippen MR) is 64.2 cm³/mol. The van der Waals surface area contributed by atoms with E-state index in [9.17, 15) is 4.79 Å². The van der Waals surface area contributed by atoms with Crippen molar-refractivity contribution in [3.05, 3.63) is 0 Å². The number of likely N-dealkylation sites (tertiary alicyclic amines) is 1. The number of piperidine rings is 1. The van der Waals surface area contributed by atoms with Gasteiger partial charge in [-0.05, 0) is 39.5 Å². The largest absolute Gasteiger partial charge is 0.444 e. The minimum absolute atomic E-state index is 0.138. The van der Waals surface area contributed by atoms with E-state index < -0.39 is 5.60 Å². The topological polar surface area (TPSA) is 55.6 Å². The number of carbonyl (C=O) groups is 1. The molecule has 94 valence electrons. The van der Waals surface area contributed by atoms with Crippen molar-refractivity contribution in [2.24, 2.45) is 11.7 Å². The lowest BCUT2D eigenvalue weighted by atomic mass is 9.93. The van der Waals surface area contributed by atoms with Gasteiger partial charge in [0.15, 0.2) is 0 Å². The Morgan fingerprint density at radius 3 is 2.62 bits per heavy atom. The van der Waals surface area contributed by atoms with E-state index in [1.807, 2.05) is 20.8 Å². The molecule has 0 aromatic carbocycles. The van der Waals surface area contributed by atoms with Crippen LogP contribution in [0.3, 0.4) is 0 Å². The van der Waals surface area contributed by atoms with Crippen LogP contribution in [0.25, 0.3) is 0 Å². The van der Waals surface area contributed by atoms with Gasteiger partial charge in [0.25, 0.3) is 0 Å². The SMILES string of the molecule is C[C@H]1CCN(C(=O)OC(C)(C)C)[C@@H](CN)C1. The van der Waals surface area contributed by atoms with E-state index in [0.29, 0.717) is 12.5 Å². The first-order valence-electron chi connectivity index (χ1n) is 6.03. The first-order valence-corrected chi connectivity index (χ1v) is 6.03. The Morgan fingerprint density at radius 2 is 2.12 bits per heavy atom. The standard InChI is InChI=1S/C12H24N2O2/c1-9-5-6-14(10(7-9)8-13)11(15)16-12(2,3)4/h9-10H,5-8,13H2,1-4H3/t9-,10+/m0/s1. The summed E-state index contributed by atoms with van der Waals surface area (Å²) in [5, 5.41) is 0. The molecule has 2 N–H and O–H groups in total. The lowest BCUT2D eigenvalue weighted by Gasteiger charge is -2.38. The highest BCUT2D eigenvalue weighted by Crippen LogP contribution is 2.23. The van der Waals surface area contributed by atoms with Crippen LogP contribution in [0.2, 0.25) is 0 Å². The summed E-state index contributed by atoms with van der Waals surface area (Å²) < 4.78 is 5.38. The number of carbonyl (C=O) groups excluding carboxylic acids is 1. The van der Waals surface area contributed by atoms with Crippen LogP contribution in [0, 0.1) is 5.92 Å². The second kappa shape index (κ2) is 5.04.